The molecule has 0 unspecified atom stereocenters. The molecule has 0 aliphatic carbocycles. The fourth-order valence-electron chi connectivity index (χ4n) is 1.66. The number of anilines is 2. The minimum Gasteiger partial charge on any atom is -0.321 e. The molecule has 0 saturated carbocycles. The molecule has 1 amide bonds. The molecule has 5 nitrogen and oxygen atoms in total. The second kappa shape index (κ2) is 6.34. The number of hydrogen-bond acceptors (Lipinski definition) is 4. The van der Waals surface area contributed by atoms with Gasteiger partial charge in [0.1, 0.15) is 5.82 Å². The molecule has 2 rings (SSSR count). The summed E-state index contributed by atoms with van der Waals surface area (Å²) in [6.45, 7) is 1.80. The van der Waals surface area contributed by atoms with Crippen LogP contribution in [-0.4, -0.2) is 10.9 Å². The largest absolute Gasteiger partial charge is 0.321 e. The second-order valence-electron chi connectivity index (χ2n) is 4.11. The van der Waals surface area contributed by atoms with Gasteiger partial charge in [-0.1, -0.05) is 15.9 Å². The van der Waals surface area contributed by atoms with Gasteiger partial charge >= 0.3 is 0 Å². The molecular weight excluding hydrogens is 388 g/mol. The van der Waals surface area contributed by atoms with E-state index in [0.29, 0.717) is 22.8 Å². The van der Waals surface area contributed by atoms with Crippen LogP contribution < -0.4 is 16.6 Å². The summed E-state index contributed by atoms with van der Waals surface area (Å²) in [5, 5.41) is 2.83. The summed E-state index contributed by atoms with van der Waals surface area (Å²) in [6.07, 6.45) is 0. The molecule has 0 spiro atoms. The van der Waals surface area contributed by atoms with Crippen molar-refractivity contribution in [1.29, 1.82) is 0 Å². The summed E-state index contributed by atoms with van der Waals surface area (Å²) < 4.78 is 1.68. The maximum Gasteiger partial charge on any atom is 0.255 e. The summed E-state index contributed by atoms with van der Waals surface area (Å²) in [4.78, 5) is 16.4. The first-order chi connectivity index (χ1) is 9.49. The summed E-state index contributed by atoms with van der Waals surface area (Å²) >= 11 is 6.76. The standard InChI is InChI=1S/C13H12Br2N4O/c1-7-4-8(5-12(17-7)19-16)13(20)18-11-6-9(14)2-3-10(11)15/h2-6H,16H2,1H3,(H,17,19)(H,18,20). The molecule has 1 aromatic heterocycles. The Morgan fingerprint density at radius 3 is 2.70 bits per heavy atom. The molecule has 104 valence electrons. The van der Waals surface area contributed by atoms with Crippen molar-refractivity contribution in [2.75, 3.05) is 10.7 Å². The number of rotatable bonds is 3. The third-order valence-electron chi connectivity index (χ3n) is 2.54. The lowest BCUT2D eigenvalue weighted by atomic mass is 10.2. The summed E-state index contributed by atoms with van der Waals surface area (Å²) in [5.74, 6) is 5.54. The normalized spacial score (nSPS) is 10.2. The van der Waals surface area contributed by atoms with Gasteiger partial charge in [-0.15, -0.1) is 0 Å². The number of amides is 1. The van der Waals surface area contributed by atoms with E-state index in [1.54, 1.807) is 19.1 Å². The molecule has 0 saturated heterocycles. The van der Waals surface area contributed by atoms with Gasteiger partial charge in [-0.05, 0) is 53.2 Å². The van der Waals surface area contributed by atoms with Crippen LogP contribution in [0.3, 0.4) is 0 Å². The number of nitrogens with two attached hydrogens (primary N) is 1. The number of aromatic nitrogens is 1. The van der Waals surface area contributed by atoms with Gasteiger partial charge in [0.15, 0.2) is 0 Å². The lowest BCUT2D eigenvalue weighted by Gasteiger charge is -2.09. The molecule has 0 radical (unpaired) electrons. The van der Waals surface area contributed by atoms with Crippen molar-refractivity contribution in [2.24, 2.45) is 5.84 Å². The number of pyridine rings is 1. The van der Waals surface area contributed by atoms with Gasteiger partial charge in [-0.25, -0.2) is 10.8 Å². The van der Waals surface area contributed by atoms with E-state index in [4.69, 9.17) is 5.84 Å². The van der Waals surface area contributed by atoms with Crippen LogP contribution in [-0.2, 0) is 0 Å². The quantitative estimate of drug-likeness (QED) is 0.545. The van der Waals surface area contributed by atoms with E-state index in [0.717, 1.165) is 8.95 Å². The number of hydrogen-bond donors (Lipinski definition) is 3. The van der Waals surface area contributed by atoms with Crippen LogP contribution in [0.25, 0.3) is 0 Å². The highest BCUT2D eigenvalue weighted by molar-refractivity contribution is 9.11. The Kier molecular flexibility index (Phi) is 4.74. The fraction of sp³-hybridized carbons (Fsp3) is 0.0769. The molecule has 0 atom stereocenters. The highest BCUT2D eigenvalue weighted by Crippen LogP contribution is 2.26. The van der Waals surface area contributed by atoms with E-state index in [9.17, 15) is 4.79 Å². The highest BCUT2D eigenvalue weighted by Gasteiger charge is 2.11. The lowest BCUT2D eigenvalue weighted by molar-refractivity contribution is 0.102. The van der Waals surface area contributed by atoms with Crippen LogP contribution in [0.2, 0.25) is 0 Å². The predicted octanol–water partition coefficient (Wildman–Crippen LogP) is 3.45. The molecule has 4 N–H and O–H groups in total. The van der Waals surface area contributed by atoms with Gasteiger partial charge in [0.2, 0.25) is 0 Å². The summed E-state index contributed by atoms with van der Waals surface area (Å²) in [5.41, 5.74) is 4.31. The Balaban J connectivity index is 2.28. The Bertz CT molecular complexity index is 661. The van der Waals surface area contributed by atoms with Crippen molar-refractivity contribution in [3.63, 3.8) is 0 Å². The van der Waals surface area contributed by atoms with Crippen LogP contribution in [0.1, 0.15) is 16.1 Å². The zero-order chi connectivity index (χ0) is 14.7. The minimum atomic E-state index is -0.231. The lowest BCUT2D eigenvalue weighted by Crippen LogP contribution is -2.15. The van der Waals surface area contributed by atoms with Gasteiger partial charge in [-0.3, -0.25) is 4.79 Å². The molecule has 2 aromatic rings. The molecule has 20 heavy (non-hydrogen) atoms. The highest BCUT2D eigenvalue weighted by atomic mass is 79.9. The minimum absolute atomic E-state index is 0.231. The number of nitrogen functional groups attached to an aromatic ring is 1. The van der Waals surface area contributed by atoms with Gasteiger partial charge in [0.05, 0.1) is 5.69 Å². The molecule has 0 aliphatic rings. The summed E-state index contributed by atoms with van der Waals surface area (Å²) in [7, 11) is 0. The summed E-state index contributed by atoms with van der Waals surface area (Å²) in [6, 6.07) is 8.84. The molecule has 0 fully saturated rings. The van der Waals surface area contributed by atoms with Crippen molar-refractivity contribution in [3.05, 3.63) is 50.5 Å². The van der Waals surface area contributed by atoms with E-state index < -0.39 is 0 Å². The SMILES string of the molecule is Cc1cc(C(=O)Nc2cc(Br)ccc2Br)cc(NN)n1. The third kappa shape index (κ3) is 3.56. The first-order valence-electron chi connectivity index (χ1n) is 5.71. The van der Waals surface area contributed by atoms with E-state index in [1.165, 1.54) is 0 Å². The smallest absolute Gasteiger partial charge is 0.255 e. The fourth-order valence-corrected chi connectivity index (χ4v) is 2.37. The van der Waals surface area contributed by atoms with Crippen molar-refractivity contribution in [2.45, 2.75) is 6.92 Å². The van der Waals surface area contributed by atoms with E-state index >= 15 is 0 Å². The molecule has 7 heteroatoms. The predicted molar refractivity (Wildman–Crippen MR) is 86.6 cm³/mol. The van der Waals surface area contributed by atoms with E-state index in [-0.39, 0.29) is 5.91 Å². The average Bonchev–Trinajstić information content (AvgIpc) is 2.42. The Morgan fingerprint density at radius 1 is 1.25 bits per heavy atom. The van der Waals surface area contributed by atoms with Gasteiger partial charge in [-0.2, -0.15) is 0 Å². The van der Waals surface area contributed by atoms with Crippen LogP contribution >= 0.6 is 31.9 Å². The first-order valence-corrected chi connectivity index (χ1v) is 7.30. The number of aryl methyl sites for hydroxylation is 1. The zero-order valence-corrected chi connectivity index (χ0v) is 13.7. The van der Waals surface area contributed by atoms with Crippen LogP contribution in [0.15, 0.2) is 39.3 Å². The Hall–Kier alpha value is -1.44. The van der Waals surface area contributed by atoms with Gasteiger partial charge < -0.3 is 10.7 Å². The second-order valence-corrected chi connectivity index (χ2v) is 5.88. The van der Waals surface area contributed by atoms with E-state index in [2.05, 4.69) is 47.6 Å². The number of carbonyl (C=O) groups excluding carboxylic acids is 1. The van der Waals surface area contributed by atoms with Gasteiger partial charge in [0, 0.05) is 20.2 Å². The molecule has 0 aliphatic heterocycles. The number of halogens is 2. The van der Waals surface area contributed by atoms with E-state index in [1.807, 2.05) is 18.2 Å². The average molecular weight is 400 g/mol. The topological polar surface area (TPSA) is 80.0 Å². The maximum absolute atomic E-state index is 12.3. The number of nitrogens with zero attached hydrogens (tertiary/aromatic N) is 1. The molecular formula is C13H12Br2N4O. The van der Waals surface area contributed by atoms with Crippen molar-refractivity contribution in [1.82, 2.24) is 4.98 Å². The number of nitrogens with one attached hydrogen (secondary N) is 2. The first kappa shape index (κ1) is 15.0. The maximum atomic E-state index is 12.3. The molecule has 0 bridgehead atoms. The van der Waals surface area contributed by atoms with Crippen molar-refractivity contribution >= 4 is 49.3 Å². The number of carbonyl (C=O) groups is 1. The van der Waals surface area contributed by atoms with Crippen LogP contribution in [0.5, 0.6) is 0 Å². The Labute approximate surface area is 133 Å². The van der Waals surface area contributed by atoms with Crippen molar-refractivity contribution in [3.8, 4) is 0 Å². The van der Waals surface area contributed by atoms with Crippen LogP contribution in [0, 0.1) is 6.92 Å². The molecule has 1 aromatic carbocycles. The Morgan fingerprint density at radius 2 is 2.00 bits per heavy atom. The number of benzene rings is 1. The van der Waals surface area contributed by atoms with Gasteiger partial charge in [0.25, 0.3) is 5.91 Å². The van der Waals surface area contributed by atoms with Crippen molar-refractivity contribution < 1.29 is 4.79 Å². The monoisotopic (exact) mass is 398 g/mol. The third-order valence-corrected chi connectivity index (χ3v) is 3.72. The number of hydrazine groups is 1. The molecule has 1 heterocycles. The zero-order valence-electron chi connectivity index (χ0n) is 10.6. The van der Waals surface area contributed by atoms with Crippen LogP contribution in [0.4, 0.5) is 11.5 Å².